The summed E-state index contributed by atoms with van der Waals surface area (Å²) in [6.45, 7) is 2.36. The summed E-state index contributed by atoms with van der Waals surface area (Å²) in [5.74, 6) is -0.528. The number of hydrogen-bond donors (Lipinski definition) is 1. The molecule has 0 saturated carbocycles. The number of halogens is 1. The molecule has 0 bridgehead atoms. The Labute approximate surface area is 213 Å². The zero-order valence-electron chi connectivity index (χ0n) is 19.4. The highest BCUT2D eigenvalue weighted by atomic mass is 35.5. The van der Waals surface area contributed by atoms with Crippen LogP contribution in [0.5, 0.6) is 0 Å². The summed E-state index contributed by atoms with van der Waals surface area (Å²) in [5.41, 5.74) is 3.51. The number of nitrogens with one attached hydrogen (secondary N) is 1. The van der Waals surface area contributed by atoms with Gasteiger partial charge in [-0.15, -0.1) is 0 Å². The third-order valence-electron chi connectivity index (χ3n) is 6.97. The fourth-order valence-corrected chi connectivity index (χ4v) is 6.81. The number of carbonyl (C=O) groups excluding carboxylic acids is 1. The lowest BCUT2D eigenvalue weighted by molar-refractivity contribution is 0.102. The number of anilines is 2. The molecule has 9 heteroatoms. The van der Waals surface area contributed by atoms with E-state index < -0.39 is 15.9 Å². The molecule has 0 unspecified atom stereocenters. The van der Waals surface area contributed by atoms with Crippen molar-refractivity contribution in [2.75, 3.05) is 16.2 Å². The highest BCUT2D eigenvalue weighted by Gasteiger charge is 2.31. The van der Waals surface area contributed by atoms with Crippen LogP contribution in [-0.2, 0) is 22.9 Å². The highest BCUT2D eigenvalue weighted by Crippen LogP contribution is 2.36. The summed E-state index contributed by atoms with van der Waals surface area (Å²) in [7, 11) is -3.80. The maximum Gasteiger partial charge on any atom is 0.264 e. The SMILES string of the molecule is C[C@H]1Cc2cccc3c(=O)c(C(=O)Nc4ccc5c(c4)N(S(=O)(=O)c4ccc(Cl)cc4)CC5)cn1c23. The molecule has 1 N–H and O–H groups in total. The predicted octanol–water partition coefficient (Wildman–Crippen LogP) is 4.78. The zero-order chi connectivity index (χ0) is 25.2. The number of sulfonamides is 1. The second kappa shape index (κ2) is 8.21. The van der Waals surface area contributed by atoms with E-state index in [2.05, 4.69) is 12.2 Å². The molecular formula is C27H22ClN3O4S. The van der Waals surface area contributed by atoms with Crippen molar-refractivity contribution in [3.05, 3.63) is 98.8 Å². The topological polar surface area (TPSA) is 88.5 Å². The van der Waals surface area contributed by atoms with Crippen LogP contribution in [0.2, 0.25) is 5.02 Å². The van der Waals surface area contributed by atoms with Gasteiger partial charge in [0.15, 0.2) is 0 Å². The predicted molar refractivity (Wildman–Crippen MR) is 141 cm³/mol. The van der Waals surface area contributed by atoms with Crippen LogP contribution in [-0.4, -0.2) is 25.4 Å². The van der Waals surface area contributed by atoms with E-state index in [0.717, 1.165) is 23.1 Å². The molecule has 36 heavy (non-hydrogen) atoms. The van der Waals surface area contributed by atoms with Crippen molar-refractivity contribution in [3.8, 4) is 0 Å². The van der Waals surface area contributed by atoms with Gasteiger partial charge in [-0.25, -0.2) is 8.42 Å². The van der Waals surface area contributed by atoms with E-state index in [1.54, 1.807) is 36.5 Å². The molecule has 0 saturated heterocycles. The minimum absolute atomic E-state index is 0.0551. The second-order valence-corrected chi connectivity index (χ2v) is 11.5. The van der Waals surface area contributed by atoms with Gasteiger partial charge in [-0.1, -0.05) is 29.8 Å². The van der Waals surface area contributed by atoms with Crippen molar-refractivity contribution in [1.29, 1.82) is 0 Å². The van der Waals surface area contributed by atoms with Gasteiger partial charge in [-0.3, -0.25) is 13.9 Å². The number of hydrogen-bond acceptors (Lipinski definition) is 4. The molecule has 2 aliphatic rings. The number of nitrogens with zero attached hydrogens (tertiary/aromatic N) is 2. The van der Waals surface area contributed by atoms with Crippen molar-refractivity contribution >= 4 is 49.8 Å². The number of carbonyl (C=O) groups is 1. The Morgan fingerprint density at radius 1 is 1.06 bits per heavy atom. The minimum atomic E-state index is -3.80. The fraction of sp³-hybridized carbons (Fsp3) is 0.185. The molecule has 182 valence electrons. The third-order valence-corrected chi connectivity index (χ3v) is 9.05. The van der Waals surface area contributed by atoms with Gasteiger partial charge >= 0.3 is 0 Å². The van der Waals surface area contributed by atoms with Gasteiger partial charge in [-0.2, -0.15) is 0 Å². The lowest BCUT2D eigenvalue weighted by Crippen LogP contribution is -2.29. The van der Waals surface area contributed by atoms with Gasteiger partial charge in [0.2, 0.25) is 5.43 Å². The van der Waals surface area contributed by atoms with Crippen molar-refractivity contribution in [1.82, 2.24) is 4.57 Å². The molecule has 1 atom stereocenters. The molecule has 3 heterocycles. The number of fused-ring (bicyclic) bond motifs is 1. The highest BCUT2D eigenvalue weighted by molar-refractivity contribution is 7.92. The summed E-state index contributed by atoms with van der Waals surface area (Å²) in [4.78, 5) is 26.6. The zero-order valence-corrected chi connectivity index (χ0v) is 20.9. The van der Waals surface area contributed by atoms with Gasteiger partial charge in [0, 0.05) is 34.9 Å². The van der Waals surface area contributed by atoms with Gasteiger partial charge < -0.3 is 9.88 Å². The maximum absolute atomic E-state index is 13.3. The molecule has 7 nitrogen and oxygen atoms in total. The molecule has 0 fully saturated rings. The van der Waals surface area contributed by atoms with E-state index in [9.17, 15) is 18.0 Å². The molecule has 1 aromatic heterocycles. The number of para-hydroxylation sites is 1. The van der Waals surface area contributed by atoms with Crippen molar-refractivity contribution in [3.63, 3.8) is 0 Å². The summed E-state index contributed by atoms with van der Waals surface area (Å²) in [5, 5.41) is 3.78. The second-order valence-electron chi connectivity index (χ2n) is 9.22. The van der Waals surface area contributed by atoms with E-state index in [1.165, 1.54) is 16.4 Å². The molecule has 4 aromatic rings. The molecular weight excluding hydrogens is 498 g/mol. The largest absolute Gasteiger partial charge is 0.343 e. The van der Waals surface area contributed by atoms with E-state index in [-0.39, 0.29) is 21.9 Å². The van der Waals surface area contributed by atoms with Crippen molar-refractivity contribution in [2.24, 2.45) is 0 Å². The summed E-state index contributed by atoms with van der Waals surface area (Å²) in [6, 6.07) is 17.0. The van der Waals surface area contributed by atoms with Gasteiger partial charge in [0.25, 0.3) is 15.9 Å². The van der Waals surface area contributed by atoms with Crippen LogP contribution in [0.4, 0.5) is 11.4 Å². The Morgan fingerprint density at radius 2 is 1.83 bits per heavy atom. The molecule has 0 aliphatic carbocycles. The van der Waals surface area contributed by atoms with Crippen LogP contribution in [0.15, 0.2) is 76.6 Å². The lowest BCUT2D eigenvalue weighted by Gasteiger charge is -2.20. The van der Waals surface area contributed by atoms with Gasteiger partial charge in [0.05, 0.1) is 16.1 Å². The smallest absolute Gasteiger partial charge is 0.264 e. The Bertz CT molecular complexity index is 1730. The number of pyridine rings is 1. The van der Waals surface area contributed by atoms with E-state index in [1.807, 2.05) is 22.8 Å². The Kier molecular flexibility index (Phi) is 5.21. The maximum atomic E-state index is 13.3. The van der Waals surface area contributed by atoms with Crippen LogP contribution in [0.1, 0.15) is 34.5 Å². The number of benzene rings is 3. The van der Waals surface area contributed by atoms with E-state index in [0.29, 0.717) is 34.7 Å². The Hall–Kier alpha value is -3.62. The van der Waals surface area contributed by atoms with E-state index >= 15 is 0 Å². The van der Waals surface area contributed by atoms with Crippen LogP contribution >= 0.6 is 11.6 Å². The van der Waals surface area contributed by atoms with Crippen LogP contribution in [0.25, 0.3) is 10.9 Å². The minimum Gasteiger partial charge on any atom is -0.343 e. The monoisotopic (exact) mass is 519 g/mol. The fourth-order valence-electron chi connectivity index (χ4n) is 5.19. The molecule has 0 spiro atoms. The van der Waals surface area contributed by atoms with Crippen LogP contribution in [0.3, 0.4) is 0 Å². The first-order valence-corrected chi connectivity index (χ1v) is 13.4. The van der Waals surface area contributed by atoms with E-state index in [4.69, 9.17) is 11.6 Å². The normalized spacial score (nSPS) is 16.4. The first-order chi connectivity index (χ1) is 17.2. The van der Waals surface area contributed by atoms with Crippen molar-refractivity contribution in [2.45, 2.75) is 30.7 Å². The Balaban J connectivity index is 1.34. The summed E-state index contributed by atoms with van der Waals surface area (Å²) in [6.07, 6.45) is 3.00. The molecule has 0 radical (unpaired) electrons. The lowest BCUT2D eigenvalue weighted by atomic mass is 10.1. The average Bonchev–Trinajstić information content (AvgIpc) is 3.42. The molecule has 3 aromatic carbocycles. The van der Waals surface area contributed by atoms with Crippen molar-refractivity contribution < 1.29 is 13.2 Å². The quantitative estimate of drug-likeness (QED) is 0.420. The first-order valence-electron chi connectivity index (χ1n) is 11.6. The average molecular weight is 520 g/mol. The number of rotatable bonds is 4. The van der Waals surface area contributed by atoms with Crippen LogP contribution < -0.4 is 15.1 Å². The summed E-state index contributed by atoms with van der Waals surface area (Å²) < 4.78 is 29.9. The van der Waals surface area contributed by atoms with Gasteiger partial charge in [-0.05, 0) is 73.4 Å². The van der Waals surface area contributed by atoms with Crippen LogP contribution in [0, 0.1) is 0 Å². The number of aromatic nitrogens is 1. The number of amides is 1. The standard InChI is InChI=1S/C27H22ClN3O4S/c1-16-13-18-3-2-4-22-25(18)30(16)15-23(26(22)32)27(33)29-20-8-5-17-11-12-31(24(17)14-20)36(34,35)21-9-6-19(28)7-10-21/h2-10,14-16H,11-13H2,1H3,(H,29,33)/t16-/m0/s1. The third kappa shape index (κ3) is 3.51. The van der Waals surface area contributed by atoms with Gasteiger partial charge in [0.1, 0.15) is 5.56 Å². The molecule has 6 rings (SSSR count). The molecule has 2 aliphatic heterocycles. The first kappa shape index (κ1) is 22.8. The summed E-state index contributed by atoms with van der Waals surface area (Å²) >= 11 is 5.92. The Morgan fingerprint density at radius 3 is 2.61 bits per heavy atom. The molecule has 1 amide bonds.